The first-order valence-corrected chi connectivity index (χ1v) is 11.2. The summed E-state index contributed by atoms with van der Waals surface area (Å²) in [6.07, 6.45) is 10.1. The molecule has 1 saturated carbocycles. The third-order valence-electron chi connectivity index (χ3n) is 8.08. The molecule has 2 aliphatic carbocycles. The van der Waals surface area contributed by atoms with Gasteiger partial charge in [0, 0.05) is 11.6 Å². The SMILES string of the molecule is C=C(C)CCC[C@]1(C)CCC=C2[C@H]1CC[C@@H](C)[C@@]2(C)C[C@H](O)C1=CC(=O)OC1O. The Labute approximate surface area is 175 Å². The van der Waals surface area contributed by atoms with Crippen LogP contribution in [-0.4, -0.2) is 28.6 Å². The van der Waals surface area contributed by atoms with Gasteiger partial charge in [-0.15, -0.1) is 6.58 Å². The Morgan fingerprint density at radius 3 is 2.72 bits per heavy atom. The molecule has 2 N–H and O–H groups in total. The average molecular weight is 403 g/mol. The number of aliphatic hydroxyl groups excluding tert-OH is 2. The van der Waals surface area contributed by atoms with Gasteiger partial charge in [-0.1, -0.05) is 38.0 Å². The number of fused-ring (bicyclic) bond motifs is 1. The highest BCUT2D eigenvalue weighted by Gasteiger charge is 2.50. The van der Waals surface area contributed by atoms with E-state index in [0.29, 0.717) is 23.8 Å². The lowest BCUT2D eigenvalue weighted by Gasteiger charge is -2.54. The first-order valence-electron chi connectivity index (χ1n) is 11.2. The number of carbonyl (C=O) groups is 1. The van der Waals surface area contributed by atoms with Crippen LogP contribution in [0.3, 0.4) is 0 Å². The molecule has 0 aromatic carbocycles. The van der Waals surface area contributed by atoms with Crippen molar-refractivity contribution in [3.63, 3.8) is 0 Å². The van der Waals surface area contributed by atoms with Gasteiger partial charge in [-0.2, -0.15) is 0 Å². The fourth-order valence-electron chi connectivity index (χ4n) is 6.02. The van der Waals surface area contributed by atoms with Gasteiger partial charge in [0.1, 0.15) is 0 Å². The van der Waals surface area contributed by atoms with Crippen molar-refractivity contribution in [2.75, 3.05) is 0 Å². The molecule has 0 aromatic rings. The number of hydrogen-bond donors (Lipinski definition) is 2. The average Bonchev–Trinajstić information content (AvgIpc) is 2.97. The smallest absolute Gasteiger partial charge is 0.333 e. The minimum absolute atomic E-state index is 0.148. The number of hydrogen-bond acceptors (Lipinski definition) is 4. The minimum Gasteiger partial charge on any atom is -0.429 e. The lowest BCUT2D eigenvalue weighted by Crippen LogP contribution is -2.45. The molecule has 3 aliphatic rings. The molecule has 1 aliphatic heterocycles. The molecule has 0 spiro atoms. The van der Waals surface area contributed by atoms with Gasteiger partial charge in [0.05, 0.1) is 6.10 Å². The third-order valence-corrected chi connectivity index (χ3v) is 8.08. The van der Waals surface area contributed by atoms with Gasteiger partial charge >= 0.3 is 5.97 Å². The summed E-state index contributed by atoms with van der Waals surface area (Å²) in [5, 5.41) is 20.9. The fourth-order valence-corrected chi connectivity index (χ4v) is 6.02. The van der Waals surface area contributed by atoms with Crippen LogP contribution in [0.5, 0.6) is 0 Å². The highest BCUT2D eigenvalue weighted by Crippen LogP contribution is 2.59. The molecule has 0 saturated heterocycles. The Morgan fingerprint density at radius 2 is 2.10 bits per heavy atom. The van der Waals surface area contributed by atoms with Crippen LogP contribution in [0.4, 0.5) is 0 Å². The monoisotopic (exact) mass is 402 g/mol. The van der Waals surface area contributed by atoms with Gasteiger partial charge in [0.25, 0.3) is 0 Å². The van der Waals surface area contributed by atoms with Crippen LogP contribution in [0.2, 0.25) is 0 Å². The quantitative estimate of drug-likeness (QED) is 0.461. The van der Waals surface area contributed by atoms with Crippen molar-refractivity contribution in [2.45, 2.75) is 91.5 Å². The maximum absolute atomic E-state index is 11.5. The Kier molecular flexibility index (Phi) is 6.45. The van der Waals surface area contributed by atoms with Crippen LogP contribution in [0.1, 0.15) is 79.1 Å². The Hall–Kier alpha value is -1.39. The van der Waals surface area contributed by atoms with Gasteiger partial charge in [-0.25, -0.2) is 4.79 Å². The first-order chi connectivity index (χ1) is 13.6. The minimum atomic E-state index is -1.32. The van der Waals surface area contributed by atoms with Crippen molar-refractivity contribution in [1.82, 2.24) is 0 Å². The van der Waals surface area contributed by atoms with E-state index < -0.39 is 18.4 Å². The molecule has 0 bridgehead atoms. The molecule has 3 rings (SSSR count). The number of carbonyl (C=O) groups excluding carboxylic acids is 1. The Bertz CT molecular complexity index is 720. The van der Waals surface area contributed by atoms with Crippen molar-refractivity contribution in [3.8, 4) is 0 Å². The summed E-state index contributed by atoms with van der Waals surface area (Å²) in [5.41, 5.74) is 3.18. The number of cyclic esters (lactones) is 1. The van der Waals surface area contributed by atoms with Crippen LogP contribution < -0.4 is 0 Å². The molecular formula is C25H38O4. The van der Waals surface area contributed by atoms with Crippen molar-refractivity contribution < 1.29 is 19.7 Å². The van der Waals surface area contributed by atoms with Crippen LogP contribution in [0.25, 0.3) is 0 Å². The molecule has 1 fully saturated rings. The molecule has 1 unspecified atom stereocenters. The van der Waals surface area contributed by atoms with Crippen molar-refractivity contribution in [3.05, 3.63) is 35.5 Å². The van der Waals surface area contributed by atoms with Crippen molar-refractivity contribution in [2.24, 2.45) is 22.7 Å². The molecule has 6 atom stereocenters. The van der Waals surface area contributed by atoms with E-state index in [9.17, 15) is 15.0 Å². The van der Waals surface area contributed by atoms with Gasteiger partial charge in [0.2, 0.25) is 6.29 Å². The van der Waals surface area contributed by atoms with E-state index in [1.165, 1.54) is 42.9 Å². The fraction of sp³-hybridized carbons (Fsp3) is 0.720. The molecule has 0 amide bonds. The van der Waals surface area contributed by atoms with E-state index in [4.69, 9.17) is 4.74 Å². The van der Waals surface area contributed by atoms with Gasteiger partial charge in [-0.3, -0.25) is 0 Å². The van der Waals surface area contributed by atoms with E-state index in [0.717, 1.165) is 19.3 Å². The van der Waals surface area contributed by atoms with Gasteiger partial charge in [0.15, 0.2) is 0 Å². The zero-order valence-electron chi connectivity index (χ0n) is 18.5. The van der Waals surface area contributed by atoms with Crippen LogP contribution in [-0.2, 0) is 9.53 Å². The number of allylic oxidation sites excluding steroid dienone is 3. The second-order valence-electron chi connectivity index (χ2n) is 10.3. The summed E-state index contributed by atoms with van der Waals surface area (Å²) in [5.74, 6) is 0.400. The molecule has 4 heteroatoms. The van der Waals surface area contributed by atoms with Crippen molar-refractivity contribution >= 4 is 5.97 Å². The van der Waals surface area contributed by atoms with Gasteiger partial charge < -0.3 is 14.9 Å². The summed E-state index contributed by atoms with van der Waals surface area (Å²) in [6.45, 7) is 13.2. The van der Waals surface area contributed by atoms with Crippen LogP contribution in [0.15, 0.2) is 35.5 Å². The molecule has 162 valence electrons. The number of rotatable bonds is 7. The zero-order valence-corrected chi connectivity index (χ0v) is 18.5. The Morgan fingerprint density at radius 1 is 1.38 bits per heavy atom. The highest BCUT2D eigenvalue weighted by molar-refractivity contribution is 5.85. The predicted molar refractivity (Wildman–Crippen MR) is 115 cm³/mol. The van der Waals surface area contributed by atoms with E-state index >= 15 is 0 Å². The first kappa shape index (κ1) is 22.3. The molecule has 0 aromatic heterocycles. The third kappa shape index (κ3) is 4.39. The molecule has 1 heterocycles. The van der Waals surface area contributed by atoms with E-state index in [1.54, 1.807) is 0 Å². The number of aliphatic hydroxyl groups is 2. The zero-order chi connectivity index (χ0) is 21.4. The normalized spacial score (nSPS) is 38.0. The lowest BCUT2D eigenvalue weighted by molar-refractivity contribution is -0.152. The Balaban J connectivity index is 1.81. The largest absolute Gasteiger partial charge is 0.429 e. The molecule has 29 heavy (non-hydrogen) atoms. The van der Waals surface area contributed by atoms with Crippen LogP contribution >= 0.6 is 0 Å². The summed E-state index contributed by atoms with van der Waals surface area (Å²) in [7, 11) is 0. The van der Waals surface area contributed by atoms with E-state index in [2.05, 4.69) is 40.3 Å². The number of esters is 1. The van der Waals surface area contributed by atoms with Gasteiger partial charge in [-0.05, 0) is 81.0 Å². The predicted octanol–water partition coefficient (Wildman–Crippen LogP) is 5.06. The second-order valence-corrected chi connectivity index (χ2v) is 10.3. The summed E-state index contributed by atoms with van der Waals surface area (Å²) in [4.78, 5) is 11.5. The summed E-state index contributed by atoms with van der Waals surface area (Å²) < 4.78 is 4.79. The standard InChI is InChI=1S/C25H38O4/c1-16(2)8-6-12-24(4)13-7-9-20-19(24)11-10-17(3)25(20,5)15-21(26)18-14-22(27)29-23(18)28/h9,14,17,19,21,23,26,28H,1,6-8,10-13,15H2,2-5H3/t17-,19-,21+,23?,24-,25-/m1/s1. The number of ether oxygens (including phenoxy) is 1. The molecular weight excluding hydrogens is 364 g/mol. The van der Waals surface area contributed by atoms with E-state index in [1.807, 2.05) is 0 Å². The molecule has 0 radical (unpaired) electrons. The summed E-state index contributed by atoms with van der Waals surface area (Å²) in [6, 6.07) is 0. The lowest BCUT2D eigenvalue weighted by atomic mass is 9.50. The topological polar surface area (TPSA) is 66.8 Å². The van der Waals surface area contributed by atoms with E-state index in [-0.39, 0.29) is 10.8 Å². The summed E-state index contributed by atoms with van der Waals surface area (Å²) >= 11 is 0. The second kappa shape index (κ2) is 8.39. The molecule has 4 nitrogen and oxygen atoms in total. The van der Waals surface area contributed by atoms with Crippen LogP contribution in [0, 0.1) is 22.7 Å². The highest BCUT2D eigenvalue weighted by atomic mass is 16.6. The van der Waals surface area contributed by atoms with Crippen molar-refractivity contribution in [1.29, 1.82) is 0 Å². The maximum Gasteiger partial charge on any atom is 0.333 e. The maximum atomic E-state index is 11.5.